The molecular formula is C29H42O4. The van der Waals surface area contributed by atoms with Gasteiger partial charge in [-0.2, -0.15) is 0 Å². The van der Waals surface area contributed by atoms with Crippen LogP contribution in [0.1, 0.15) is 78.7 Å². The van der Waals surface area contributed by atoms with Crippen LogP contribution in [0.15, 0.2) is 41.5 Å². The van der Waals surface area contributed by atoms with Crippen molar-refractivity contribution in [2.45, 2.75) is 97.1 Å². The molecule has 0 radical (unpaired) electrons. The lowest BCUT2D eigenvalue weighted by Crippen LogP contribution is -2.72. The zero-order valence-corrected chi connectivity index (χ0v) is 21.0. The molecule has 3 saturated carbocycles. The summed E-state index contributed by atoms with van der Waals surface area (Å²) in [7, 11) is 0. The summed E-state index contributed by atoms with van der Waals surface area (Å²) in [6.45, 7) is 12.5. The topological polar surface area (TPSA) is 80.9 Å². The summed E-state index contributed by atoms with van der Waals surface area (Å²) in [5.74, 6) is 0.0177. The SMILES string of the molecule is CC1=C2[C@@H](O)[C@H](O)[C@@]3(C)C([C@H](c4ccccc4)[C@](O)(C[C@@H]1C)C2(C)C)[C@]1(C)CC[C@@H]1C[C@@H]3O. The van der Waals surface area contributed by atoms with E-state index in [9.17, 15) is 20.4 Å². The predicted octanol–water partition coefficient (Wildman–Crippen LogP) is 4.42. The summed E-state index contributed by atoms with van der Waals surface area (Å²) in [4.78, 5) is 0. The summed E-state index contributed by atoms with van der Waals surface area (Å²) < 4.78 is 0. The molecule has 5 rings (SSSR count). The first-order valence-electron chi connectivity index (χ1n) is 12.8. The van der Waals surface area contributed by atoms with Crippen molar-refractivity contribution in [3.05, 3.63) is 47.0 Å². The second kappa shape index (κ2) is 7.16. The van der Waals surface area contributed by atoms with Gasteiger partial charge in [-0.1, -0.05) is 70.5 Å². The second-order valence-corrected chi connectivity index (χ2v) is 12.9. The van der Waals surface area contributed by atoms with Crippen LogP contribution in [0.3, 0.4) is 0 Å². The molecule has 4 aliphatic rings. The highest BCUT2D eigenvalue weighted by Gasteiger charge is 2.72. The van der Waals surface area contributed by atoms with Crippen molar-refractivity contribution in [1.29, 1.82) is 0 Å². The molecule has 1 aromatic rings. The zero-order chi connectivity index (χ0) is 24.1. The molecule has 4 heteroatoms. The van der Waals surface area contributed by atoms with E-state index < -0.39 is 34.7 Å². The van der Waals surface area contributed by atoms with Gasteiger partial charge in [-0.3, -0.25) is 0 Å². The Morgan fingerprint density at radius 2 is 1.61 bits per heavy atom. The van der Waals surface area contributed by atoms with E-state index in [-0.39, 0.29) is 23.2 Å². The number of allylic oxidation sites excluding steroid dienone is 1. The van der Waals surface area contributed by atoms with Gasteiger partial charge >= 0.3 is 0 Å². The van der Waals surface area contributed by atoms with E-state index in [0.29, 0.717) is 18.8 Å². The molecule has 0 spiro atoms. The second-order valence-electron chi connectivity index (χ2n) is 12.9. The lowest BCUT2D eigenvalue weighted by molar-refractivity contribution is -0.268. The van der Waals surface area contributed by atoms with Crippen molar-refractivity contribution in [2.75, 3.05) is 0 Å². The van der Waals surface area contributed by atoms with Gasteiger partial charge in [0, 0.05) is 16.7 Å². The minimum absolute atomic E-state index is 0.0916. The van der Waals surface area contributed by atoms with Crippen LogP contribution >= 0.6 is 0 Å². The molecule has 0 aromatic heterocycles. The van der Waals surface area contributed by atoms with Crippen LogP contribution < -0.4 is 0 Å². The average Bonchev–Trinajstić information content (AvgIpc) is 2.76. The summed E-state index contributed by atoms with van der Waals surface area (Å²) in [6.07, 6.45) is 0.370. The van der Waals surface area contributed by atoms with E-state index in [2.05, 4.69) is 26.0 Å². The van der Waals surface area contributed by atoms with Gasteiger partial charge in [0.1, 0.15) is 6.10 Å². The molecule has 0 heterocycles. The molecule has 10 atom stereocenters. The maximum atomic E-state index is 12.9. The fourth-order valence-electron chi connectivity index (χ4n) is 9.05. The summed E-state index contributed by atoms with van der Waals surface area (Å²) in [5, 5.41) is 48.2. The van der Waals surface area contributed by atoms with Crippen molar-refractivity contribution in [1.82, 2.24) is 0 Å². The van der Waals surface area contributed by atoms with Crippen LogP contribution in [0.2, 0.25) is 0 Å². The molecule has 2 bridgehead atoms. The van der Waals surface area contributed by atoms with Gasteiger partial charge in [-0.15, -0.1) is 0 Å². The average molecular weight is 455 g/mol. The van der Waals surface area contributed by atoms with Gasteiger partial charge in [-0.05, 0) is 66.9 Å². The lowest BCUT2D eigenvalue weighted by Gasteiger charge is -2.71. The monoisotopic (exact) mass is 454 g/mol. The van der Waals surface area contributed by atoms with E-state index in [0.717, 1.165) is 29.6 Å². The third-order valence-electron chi connectivity index (χ3n) is 11.3. The molecule has 0 saturated heterocycles. The molecule has 33 heavy (non-hydrogen) atoms. The maximum Gasteiger partial charge on any atom is 0.102 e. The highest BCUT2D eigenvalue weighted by Crippen LogP contribution is 2.73. The number of benzene rings is 1. The molecule has 0 amide bonds. The minimum atomic E-state index is -1.13. The first-order chi connectivity index (χ1) is 15.3. The number of fused-ring (bicyclic) bond motifs is 5. The fraction of sp³-hybridized carbons (Fsp3) is 0.724. The van der Waals surface area contributed by atoms with E-state index in [1.165, 1.54) is 0 Å². The summed E-state index contributed by atoms with van der Waals surface area (Å²) >= 11 is 0. The molecule has 1 unspecified atom stereocenters. The highest BCUT2D eigenvalue weighted by atomic mass is 16.3. The van der Waals surface area contributed by atoms with Crippen LogP contribution in [-0.4, -0.2) is 44.3 Å². The Morgan fingerprint density at radius 3 is 2.18 bits per heavy atom. The van der Waals surface area contributed by atoms with Gasteiger partial charge in [-0.25, -0.2) is 0 Å². The van der Waals surface area contributed by atoms with Crippen molar-refractivity contribution >= 4 is 0 Å². The Balaban J connectivity index is 1.87. The Morgan fingerprint density at radius 1 is 0.970 bits per heavy atom. The Kier molecular flexibility index (Phi) is 5.11. The predicted molar refractivity (Wildman–Crippen MR) is 129 cm³/mol. The number of aliphatic hydroxyl groups is 4. The maximum absolute atomic E-state index is 12.9. The fourth-order valence-corrected chi connectivity index (χ4v) is 9.05. The Hall–Kier alpha value is -1.20. The third-order valence-corrected chi connectivity index (χ3v) is 11.3. The van der Waals surface area contributed by atoms with Crippen LogP contribution in [0.25, 0.3) is 0 Å². The normalized spacial score (nSPS) is 51.0. The van der Waals surface area contributed by atoms with Crippen LogP contribution in [0.4, 0.5) is 0 Å². The first-order valence-corrected chi connectivity index (χ1v) is 12.8. The van der Waals surface area contributed by atoms with Crippen molar-refractivity contribution in [2.24, 2.45) is 34.0 Å². The number of hydrogen-bond acceptors (Lipinski definition) is 4. The quantitative estimate of drug-likeness (QED) is 0.474. The molecule has 182 valence electrons. The molecule has 0 aliphatic heterocycles. The first kappa shape index (κ1) is 23.5. The summed E-state index contributed by atoms with van der Waals surface area (Å²) in [5.41, 5.74) is -0.0344. The molecule has 3 fully saturated rings. The number of aliphatic hydroxyl groups excluding tert-OH is 3. The highest BCUT2D eigenvalue weighted by molar-refractivity contribution is 5.42. The Bertz CT molecular complexity index is 969. The summed E-state index contributed by atoms with van der Waals surface area (Å²) in [6, 6.07) is 10.3. The standard InChI is InChI=1S/C29H42O4/c1-16-15-29(33)22(18-10-8-7-9-11-18)24-27(5)13-12-19(27)14-20(30)28(24,6)25(32)23(31)21(17(16)2)26(29,3)4/h7-11,16,19-20,22-25,30-33H,12-15H2,1-6H3/t16-,19+,20-,22-,23+,24?,25-,27+,28+,29+/m0/s1. The molecular weight excluding hydrogens is 412 g/mol. The van der Waals surface area contributed by atoms with Gasteiger partial charge in [0.25, 0.3) is 0 Å². The van der Waals surface area contributed by atoms with Gasteiger partial charge in [0.05, 0.1) is 17.8 Å². The van der Waals surface area contributed by atoms with E-state index >= 15 is 0 Å². The van der Waals surface area contributed by atoms with Crippen LogP contribution in [0.5, 0.6) is 0 Å². The van der Waals surface area contributed by atoms with E-state index in [1.54, 1.807) is 0 Å². The minimum Gasteiger partial charge on any atom is -0.392 e. The van der Waals surface area contributed by atoms with Crippen molar-refractivity contribution in [3.8, 4) is 0 Å². The van der Waals surface area contributed by atoms with Gasteiger partial charge in [0.15, 0.2) is 0 Å². The van der Waals surface area contributed by atoms with Crippen LogP contribution in [-0.2, 0) is 0 Å². The van der Waals surface area contributed by atoms with Crippen molar-refractivity contribution < 1.29 is 20.4 Å². The smallest absolute Gasteiger partial charge is 0.102 e. The molecule has 4 N–H and O–H groups in total. The molecule has 4 nitrogen and oxygen atoms in total. The lowest BCUT2D eigenvalue weighted by atomic mass is 9.35. The number of rotatable bonds is 1. The number of hydrogen-bond donors (Lipinski definition) is 4. The largest absolute Gasteiger partial charge is 0.392 e. The Labute approximate surface area is 198 Å². The third kappa shape index (κ3) is 2.73. The molecule has 1 aromatic carbocycles. The van der Waals surface area contributed by atoms with E-state index in [4.69, 9.17) is 0 Å². The van der Waals surface area contributed by atoms with E-state index in [1.807, 2.05) is 45.9 Å². The van der Waals surface area contributed by atoms with Crippen molar-refractivity contribution in [3.63, 3.8) is 0 Å². The zero-order valence-electron chi connectivity index (χ0n) is 21.0. The van der Waals surface area contributed by atoms with Crippen LogP contribution in [0, 0.1) is 34.0 Å². The van der Waals surface area contributed by atoms with Gasteiger partial charge < -0.3 is 20.4 Å². The molecule has 4 aliphatic carbocycles. The van der Waals surface area contributed by atoms with Gasteiger partial charge in [0.2, 0.25) is 0 Å².